The van der Waals surface area contributed by atoms with Crippen molar-refractivity contribution in [3.8, 4) is 5.75 Å². The van der Waals surface area contributed by atoms with E-state index in [9.17, 15) is 19.8 Å². The highest BCUT2D eigenvalue weighted by atomic mass is 16.3. The minimum atomic E-state index is -0.760. The molecule has 0 aliphatic carbocycles. The lowest BCUT2D eigenvalue weighted by Crippen LogP contribution is -2.31. The maximum atomic E-state index is 13.2. The number of ketones is 1. The molecule has 1 aliphatic rings. The van der Waals surface area contributed by atoms with E-state index in [-0.39, 0.29) is 23.5 Å². The number of nitrogens with zero attached hydrogens (tertiary/aromatic N) is 1. The van der Waals surface area contributed by atoms with E-state index in [4.69, 9.17) is 0 Å². The van der Waals surface area contributed by atoms with Gasteiger partial charge in [-0.25, -0.2) is 0 Å². The van der Waals surface area contributed by atoms with Crippen molar-refractivity contribution in [1.82, 2.24) is 0 Å². The van der Waals surface area contributed by atoms with Crippen LogP contribution in [0.2, 0.25) is 0 Å². The van der Waals surface area contributed by atoms with Crippen molar-refractivity contribution in [3.05, 3.63) is 107 Å². The van der Waals surface area contributed by atoms with E-state index in [1.807, 2.05) is 36.4 Å². The minimum absolute atomic E-state index is 0.0829. The number of Topliss-reactive ketones (excluding diaryl/α,β-unsaturated/α-hetero) is 1. The largest absolute Gasteiger partial charge is 0.508 e. The van der Waals surface area contributed by atoms with Gasteiger partial charge in [-0.1, -0.05) is 60.7 Å². The Morgan fingerprint density at radius 3 is 2.07 bits per heavy atom. The van der Waals surface area contributed by atoms with Crippen LogP contribution < -0.4 is 4.90 Å². The molecule has 1 atom stereocenters. The van der Waals surface area contributed by atoms with Crippen LogP contribution in [0.25, 0.3) is 0 Å². The number of phenolic OH excluding ortho intramolecular Hbond substituents is 1. The molecule has 2 N–H and O–H groups in total. The number of para-hydroxylation sites is 1. The van der Waals surface area contributed by atoms with Gasteiger partial charge >= 0.3 is 0 Å². The van der Waals surface area contributed by atoms with Crippen molar-refractivity contribution in [2.24, 2.45) is 0 Å². The number of carbonyl (C=O) groups excluding carboxylic acids is 2. The molecule has 0 aromatic heterocycles. The third-order valence-electron chi connectivity index (χ3n) is 5.24. The first-order valence-electron chi connectivity index (χ1n) is 9.74. The van der Waals surface area contributed by atoms with Gasteiger partial charge in [0.2, 0.25) is 0 Å². The lowest BCUT2D eigenvalue weighted by Gasteiger charge is -2.27. The molecule has 0 saturated heterocycles. The average Bonchev–Trinajstić information content (AvgIpc) is 3.04. The minimum Gasteiger partial charge on any atom is -0.508 e. The molecule has 0 bridgehead atoms. The molecule has 150 valence electrons. The van der Waals surface area contributed by atoms with E-state index in [0.29, 0.717) is 17.7 Å². The van der Waals surface area contributed by atoms with Gasteiger partial charge in [0.1, 0.15) is 5.75 Å². The second-order valence-electron chi connectivity index (χ2n) is 7.18. The molecule has 30 heavy (non-hydrogen) atoms. The number of hydrogen-bond donors (Lipinski definition) is 2. The molecule has 1 amide bonds. The van der Waals surface area contributed by atoms with Gasteiger partial charge in [0.25, 0.3) is 5.91 Å². The van der Waals surface area contributed by atoms with Gasteiger partial charge in [-0.3, -0.25) is 14.5 Å². The van der Waals surface area contributed by atoms with Crippen molar-refractivity contribution in [2.75, 3.05) is 4.90 Å². The number of rotatable bonds is 6. The Morgan fingerprint density at radius 2 is 1.43 bits per heavy atom. The summed E-state index contributed by atoms with van der Waals surface area (Å²) in [6.45, 7) is 0. The first-order chi connectivity index (χ1) is 14.6. The number of aromatic hydroxyl groups is 1. The molecule has 3 aromatic carbocycles. The fourth-order valence-electron chi connectivity index (χ4n) is 3.75. The maximum Gasteiger partial charge on any atom is 0.294 e. The molecular weight excluding hydrogens is 378 g/mol. The molecule has 0 radical (unpaired) electrons. The average molecular weight is 399 g/mol. The second-order valence-corrected chi connectivity index (χ2v) is 7.18. The Labute approximate surface area is 174 Å². The fraction of sp³-hybridized carbons (Fsp3) is 0.120. The molecule has 3 aromatic rings. The van der Waals surface area contributed by atoms with Crippen molar-refractivity contribution in [3.63, 3.8) is 0 Å². The third kappa shape index (κ3) is 3.70. The van der Waals surface area contributed by atoms with Gasteiger partial charge in [-0.2, -0.15) is 0 Å². The monoisotopic (exact) mass is 399 g/mol. The zero-order chi connectivity index (χ0) is 21.1. The van der Waals surface area contributed by atoms with Crippen LogP contribution in [-0.2, 0) is 16.0 Å². The van der Waals surface area contributed by atoms with Gasteiger partial charge in [0, 0.05) is 12.1 Å². The van der Waals surface area contributed by atoms with Gasteiger partial charge in [0.05, 0.1) is 11.6 Å². The summed E-state index contributed by atoms with van der Waals surface area (Å²) in [4.78, 5) is 27.5. The summed E-state index contributed by atoms with van der Waals surface area (Å²) in [6.07, 6.45) is 0.687. The quantitative estimate of drug-likeness (QED) is 0.640. The van der Waals surface area contributed by atoms with Crippen LogP contribution in [0, 0.1) is 0 Å². The zero-order valence-electron chi connectivity index (χ0n) is 16.2. The molecule has 0 spiro atoms. The summed E-state index contributed by atoms with van der Waals surface area (Å²) >= 11 is 0. The van der Waals surface area contributed by atoms with E-state index in [1.54, 1.807) is 36.4 Å². The van der Waals surface area contributed by atoms with E-state index in [1.165, 1.54) is 17.0 Å². The van der Waals surface area contributed by atoms with Gasteiger partial charge in [-0.05, 0) is 41.8 Å². The van der Waals surface area contributed by atoms with E-state index < -0.39 is 17.7 Å². The van der Waals surface area contributed by atoms with Gasteiger partial charge in [0.15, 0.2) is 11.5 Å². The second kappa shape index (κ2) is 8.25. The number of aryl methyl sites for hydroxylation is 1. The van der Waals surface area contributed by atoms with Gasteiger partial charge < -0.3 is 10.2 Å². The van der Waals surface area contributed by atoms with Crippen molar-refractivity contribution in [2.45, 2.75) is 18.9 Å². The Hall–Kier alpha value is -3.86. The van der Waals surface area contributed by atoms with Crippen LogP contribution in [0.5, 0.6) is 5.75 Å². The van der Waals surface area contributed by atoms with Gasteiger partial charge in [-0.15, -0.1) is 0 Å². The van der Waals surface area contributed by atoms with Crippen molar-refractivity contribution >= 4 is 17.4 Å². The molecule has 0 saturated carbocycles. The maximum absolute atomic E-state index is 13.2. The molecule has 1 heterocycles. The SMILES string of the molecule is O=C(CCc1ccccc1)C1=C(O)C(=O)N(c2ccccc2)C1c1ccc(O)cc1. The number of aliphatic hydroxyl groups is 1. The molecule has 0 fully saturated rings. The molecule has 5 nitrogen and oxygen atoms in total. The van der Waals surface area contributed by atoms with Crippen molar-refractivity contribution < 1.29 is 19.8 Å². The zero-order valence-corrected chi connectivity index (χ0v) is 16.2. The summed E-state index contributed by atoms with van der Waals surface area (Å²) in [6, 6.07) is 24.1. The molecule has 1 aliphatic heterocycles. The van der Waals surface area contributed by atoms with Crippen LogP contribution in [0.3, 0.4) is 0 Å². The highest BCUT2D eigenvalue weighted by Gasteiger charge is 2.43. The number of amides is 1. The molecule has 1 unspecified atom stereocenters. The van der Waals surface area contributed by atoms with E-state index in [2.05, 4.69) is 0 Å². The first kappa shape index (κ1) is 19.5. The Balaban J connectivity index is 1.71. The number of phenols is 1. The summed E-state index contributed by atoms with van der Waals surface area (Å²) < 4.78 is 0. The standard InChI is InChI=1S/C25H21NO4/c27-20-14-12-18(13-15-20)23-22(21(28)16-11-17-7-3-1-4-8-17)24(29)25(30)26(23)19-9-5-2-6-10-19/h1-10,12-15,23,27,29H,11,16H2. The Kier molecular flexibility index (Phi) is 5.35. The predicted octanol–water partition coefficient (Wildman–Crippen LogP) is 4.49. The number of anilines is 1. The lowest BCUT2D eigenvalue weighted by atomic mass is 9.93. The number of carbonyl (C=O) groups is 2. The topological polar surface area (TPSA) is 77.8 Å². The van der Waals surface area contributed by atoms with E-state index in [0.717, 1.165) is 5.56 Å². The van der Waals surface area contributed by atoms with E-state index >= 15 is 0 Å². The normalized spacial score (nSPS) is 16.2. The number of benzene rings is 3. The number of aliphatic hydroxyl groups excluding tert-OH is 1. The fourth-order valence-corrected chi connectivity index (χ4v) is 3.75. The van der Waals surface area contributed by atoms with Crippen LogP contribution in [0.4, 0.5) is 5.69 Å². The summed E-state index contributed by atoms with van der Waals surface area (Å²) in [7, 11) is 0. The highest BCUT2D eigenvalue weighted by molar-refractivity contribution is 6.16. The van der Waals surface area contributed by atoms with Crippen molar-refractivity contribution in [1.29, 1.82) is 0 Å². The Morgan fingerprint density at radius 1 is 0.833 bits per heavy atom. The Bertz CT molecular complexity index is 1090. The van der Waals surface area contributed by atoms with Crippen LogP contribution in [0.15, 0.2) is 96.3 Å². The van der Waals surface area contributed by atoms with Crippen LogP contribution in [-0.4, -0.2) is 21.9 Å². The lowest BCUT2D eigenvalue weighted by molar-refractivity contribution is -0.118. The predicted molar refractivity (Wildman–Crippen MR) is 114 cm³/mol. The van der Waals surface area contributed by atoms with Crippen LogP contribution in [0.1, 0.15) is 23.6 Å². The molecular formula is C25H21NO4. The number of hydrogen-bond acceptors (Lipinski definition) is 4. The molecule has 5 heteroatoms. The van der Waals surface area contributed by atoms with Crippen LogP contribution >= 0.6 is 0 Å². The third-order valence-corrected chi connectivity index (χ3v) is 5.24. The summed E-state index contributed by atoms with van der Waals surface area (Å²) in [5.41, 5.74) is 2.32. The summed E-state index contributed by atoms with van der Waals surface area (Å²) in [5, 5.41) is 20.3. The molecule has 4 rings (SSSR count). The smallest absolute Gasteiger partial charge is 0.294 e. The highest BCUT2D eigenvalue weighted by Crippen LogP contribution is 2.41. The summed E-state index contributed by atoms with van der Waals surface area (Å²) in [5.74, 6) is -1.32. The first-order valence-corrected chi connectivity index (χ1v) is 9.74.